The predicted molar refractivity (Wildman–Crippen MR) is 106 cm³/mol. The molecule has 4 rings (SSSR count). The molecule has 0 saturated heterocycles. The number of amides is 1. The summed E-state index contributed by atoms with van der Waals surface area (Å²) in [5.74, 6) is 0.332. The van der Waals surface area contributed by atoms with Crippen molar-refractivity contribution in [3.05, 3.63) is 102 Å². The molecule has 1 aromatic heterocycles. The quantitative estimate of drug-likeness (QED) is 0.530. The fourth-order valence-corrected chi connectivity index (χ4v) is 2.89. The third-order valence-corrected chi connectivity index (χ3v) is 4.27. The Kier molecular flexibility index (Phi) is 4.97. The second-order valence-electron chi connectivity index (χ2n) is 6.27. The van der Waals surface area contributed by atoms with Crippen molar-refractivity contribution >= 4 is 16.8 Å². The minimum absolute atomic E-state index is 0.00260. The van der Waals surface area contributed by atoms with E-state index in [2.05, 4.69) is 10.3 Å². The molecule has 0 spiro atoms. The van der Waals surface area contributed by atoms with Crippen molar-refractivity contribution in [1.29, 1.82) is 0 Å². The maximum atomic E-state index is 14.3. The van der Waals surface area contributed by atoms with E-state index in [4.69, 9.17) is 4.74 Å². The summed E-state index contributed by atoms with van der Waals surface area (Å²) in [4.78, 5) is 16.6. The molecule has 0 aliphatic carbocycles. The number of pyridine rings is 1. The van der Waals surface area contributed by atoms with E-state index in [1.54, 1.807) is 18.3 Å². The fraction of sp³-hybridized carbons (Fsp3) is 0.0435. The van der Waals surface area contributed by atoms with Crippen LogP contribution in [-0.4, -0.2) is 10.9 Å². The molecule has 0 radical (unpaired) electrons. The molecule has 0 bridgehead atoms. The Balaban J connectivity index is 1.46. The SMILES string of the molecule is O=C(NCc1cccc(Oc2ccccc2)c1)c1cc2cccnc2cc1F. The molecule has 0 saturated carbocycles. The first-order valence-corrected chi connectivity index (χ1v) is 8.83. The first kappa shape index (κ1) is 17.7. The van der Waals surface area contributed by atoms with Gasteiger partial charge in [0.1, 0.15) is 17.3 Å². The number of benzene rings is 3. The summed E-state index contributed by atoms with van der Waals surface area (Å²) < 4.78 is 20.1. The summed E-state index contributed by atoms with van der Waals surface area (Å²) in [5, 5.41) is 3.47. The first-order valence-electron chi connectivity index (χ1n) is 8.83. The maximum Gasteiger partial charge on any atom is 0.254 e. The summed E-state index contributed by atoms with van der Waals surface area (Å²) in [6.07, 6.45) is 1.59. The van der Waals surface area contributed by atoms with Crippen LogP contribution in [0.25, 0.3) is 10.9 Å². The molecule has 0 aliphatic heterocycles. The average Bonchev–Trinajstić information content (AvgIpc) is 2.72. The number of hydrogen-bond acceptors (Lipinski definition) is 3. The van der Waals surface area contributed by atoms with Crippen molar-refractivity contribution in [3.63, 3.8) is 0 Å². The summed E-state index contributed by atoms with van der Waals surface area (Å²) in [5.41, 5.74) is 1.36. The number of carbonyl (C=O) groups is 1. The average molecular weight is 372 g/mol. The molecule has 0 fully saturated rings. The van der Waals surface area contributed by atoms with E-state index in [0.29, 0.717) is 16.7 Å². The number of rotatable bonds is 5. The van der Waals surface area contributed by atoms with Gasteiger partial charge in [0.05, 0.1) is 11.1 Å². The molecule has 4 aromatic rings. The highest BCUT2D eigenvalue weighted by Gasteiger charge is 2.13. The molecule has 1 heterocycles. The molecule has 5 heteroatoms. The lowest BCUT2D eigenvalue weighted by Crippen LogP contribution is -2.23. The highest BCUT2D eigenvalue weighted by molar-refractivity contribution is 5.98. The van der Waals surface area contributed by atoms with Crippen LogP contribution >= 0.6 is 0 Å². The Bertz CT molecular complexity index is 1130. The zero-order chi connectivity index (χ0) is 19.3. The number of aromatic nitrogens is 1. The van der Waals surface area contributed by atoms with Crippen molar-refractivity contribution in [2.24, 2.45) is 0 Å². The molecule has 0 aliphatic rings. The monoisotopic (exact) mass is 372 g/mol. The molecule has 0 atom stereocenters. The molecule has 1 amide bonds. The van der Waals surface area contributed by atoms with Gasteiger partial charge in [0, 0.05) is 24.2 Å². The highest BCUT2D eigenvalue weighted by Crippen LogP contribution is 2.22. The number of carbonyl (C=O) groups excluding carboxylic acids is 1. The van der Waals surface area contributed by atoms with Crippen LogP contribution in [0.2, 0.25) is 0 Å². The third kappa shape index (κ3) is 3.99. The minimum atomic E-state index is -0.593. The van der Waals surface area contributed by atoms with E-state index in [1.165, 1.54) is 12.1 Å². The van der Waals surface area contributed by atoms with Crippen molar-refractivity contribution in [2.75, 3.05) is 0 Å². The van der Waals surface area contributed by atoms with Gasteiger partial charge in [-0.25, -0.2) is 4.39 Å². The Morgan fingerprint density at radius 1 is 0.929 bits per heavy atom. The molecule has 0 unspecified atom stereocenters. The number of hydrogen-bond donors (Lipinski definition) is 1. The second-order valence-corrected chi connectivity index (χ2v) is 6.27. The van der Waals surface area contributed by atoms with Gasteiger partial charge in [0.15, 0.2) is 0 Å². The Morgan fingerprint density at radius 2 is 1.75 bits per heavy atom. The number of nitrogens with one attached hydrogen (secondary N) is 1. The standard InChI is InChI=1S/C23H17FN2O2/c24-21-14-22-17(7-5-11-25-22)13-20(21)23(27)26-15-16-6-4-10-19(12-16)28-18-8-2-1-3-9-18/h1-14H,15H2,(H,26,27). The van der Waals surface area contributed by atoms with E-state index in [-0.39, 0.29) is 12.1 Å². The van der Waals surface area contributed by atoms with Gasteiger partial charge in [-0.05, 0) is 42.0 Å². The summed E-state index contributed by atoms with van der Waals surface area (Å²) >= 11 is 0. The number of fused-ring (bicyclic) bond motifs is 1. The lowest BCUT2D eigenvalue weighted by atomic mass is 10.1. The zero-order valence-corrected chi connectivity index (χ0v) is 14.9. The topological polar surface area (TPSA) is 51.2 Å². The first-order chi connectivity index (χ1) is 13.7. The molecule has 28 heavy (non-hydrogen) atoms. The molecule has 4 nitrogen and oxygen atoms in total. The third-order valence-electron chi connectivity index (χ3n) is 4.27. The maximum absolute atomic E-state index is 14.3. The molecule has 1 N–H and O–H groups in total. The van der Waals surface area contributed by atoms with E-state index in [0.717, 1.165) is 11.3 Å². The van der Waals surface area contributed by atoms with Crippen LogP contribution in [0.3, 0.4) is 0 Å². The van der Waals surface area contributed by atoms with Gasteiger partial charge in [0.2, 0.25) is 0 Å². The van der Waals surface area contributed by atoms with E-state index in [9.17, 15) is 9.18 Å². The van der Waals surface area contributed by atoms with Crippen molar-refractivity contribution < 1.29 is 13.9 Å². The van der Waals surface area contributed by atoms with Crippen LogP contribution in [0.1, 0.15) is 15.9 Å². The number of nitrogens with zero attached hydrogens (tertiary/aromatic N) is 1. The zero-order valence-electron chi connectivity index (χ0n) is 14.9. The number of ether oxygens (including phenoxy) is 1. The lowest BCUT2D eigenvalue weighted by molar-refractivity contribution is 0.0947. The van der Waals surface area contributed by atoms with E-state index < -0.39 is 11.7 Å². The van der Waals surface area contributed by atoms with Crippen LogP contribution < -0.4 is 10.1 Å². The second kappa shape index (κ2) is 7.88. The van der Waals surface area contributed by atoms with Crippen molar-refractivity contribution in [3.8, 4) is 11.5 Å². The molecule has 3 aromatic carbocycles. The van der Waals surface area contributed by atoms with Gasteiger partial charge in [-0.1, -0.05) is 36.4 Å². The van der Waals surface area contributed by atoms with E-state index >= 15 is 0 Å². The summed E-state index contributed by atoms with van der Waals surface area (Å²) in [6, 6.07) is 23.2. The molecular weight excluding hydrogens is 355 g/mol. The van der Waals surface area contributed by atoms with Gasteiger partial charge in [-0.15, -0.1) is 0 Å². The predicted octanol–water partition coefficient (Wildman–Crippen LogP) is 5.10. The van der Waals surface area contributed by atoms with Crippen molar-refractivity contribution in [1.82, 2.24) is 10.3 Å². The fourth-order valence-electron chi connectivity index (χ4n) is 2.89. The summed E-state index contributed by atoms with van der Waals surface area (Å²) in [7, 11) is 0. The van der Waals surface area contributed by atoms with Gasteiger partial charge in [-0.3, -0.25) is 9.78 Å². The van der Waals surface area contributed by atoms with Crippen LogP contribution in [0.4, 0.5) is 4.39 Å². The van der Waals surface area contributed by atoms with Gasteiger partial charge in [0.25, 0.3) is 5.91 Å². The Hall–Kier alpha value is -3.73. The van der Waals surface area contributed by atoms with E-state index in [1.807, 2.05) is 54.6 Å². The van der Waals surface area contributed by atoms with Crippen LogP contribution in [0.5, 0.6) is 11.5 Å². The normalized spacial score (nSPS) is 10.6. The largest absolute Gasteiger partial charge is 0.457 e. The number of para-hydroxylation sites is 1. The molecule has 138 valence electrons. The Morgan fingerprint density at radius 3 is 2.61 bits per heavy atom. The minimum Gasteiger partial charge on any atom is -0.457 e. The smallest absolute Gasteiger partial charge is 0.254 e. The van der Waals surface area contributed by atoms with Crippen LogP contribution in [0.15, 0.2) is 85.1 Å². The number of halogens is 1. The van der Waals surface area contributed by atoms with Gasteiger partial charge in [-0.2, -0.15) is 0 Å². The van der Waals surface area contributed by atoms with Crippen LogP contribution in [-0.2, 0) is 6.54 Å². The highest BCUT2D eigenvalue weighted by atomic mass is 19.1. The lowest BCUT2D eigenvalue weighted by Gasteiger charge is -2.10. The van der Waals surface area contributed by atoms with Crippen molar-refractivity contribution in [2.45, 2.75) is 6.54 Å². The van der Waals surface area contributed by atoms with Gasteiger partial charge >= 0.3 is 0 Å². The van der Waals surface area contributed by atoms with Crippen LogP contribution in [0, 0.1) is 5.82 Å². The molecular formula is C23H17FN2O2. The summed E-state index contributed by atoms with van der Waals surface area (Å²) in [6.45, 7) is 0.259. The Labute approximate surface area is 161 Å². The van der Waals surface area contributed by atoms with Gasteiger partial charge < -0.3 is 10.1 Å².